The fourth-order valence-corrected chi connectivity index (χ4v) is 4.80. The van der Waals surface area contributed by atoms with E-state index < -0.39 is 0 Å². The molecule has 0 fully saturated rings. The van der Waals surface area contributed by atoms with E-state index in [1.807, 2.05) is 49.1 Å². The minimum absolute atomic E-state index is 0.951. The average molecular weight is 411 g/mol. The third kappa shape index (κ3) is 2.25. The third-order valence-corrected chi connectivity index (χ3v) is 6.09. The molecule has 0 N–H and O–H groups in total. The fourth-order valence-electron chi connectivity index (χ4n) is 4.80. The van der Waals surface area contributed by atoms with Gasteiger partial charge in [-0.15, -0.1) is 0 Å². The van der Waals surface area contributed by atoms with Crippen molar-refractivity contribution in [2.45, 2.75) is 0 Å². The summed E-state index contributed by atoms with van der Waals surface area (Å²) in [5.74, 6) is 0. The van der Waals surface area contributed by atoms with Crippen LogP contribution in [-0.2, 0) is 0 Å². The number of nitrogens with zero attached hydrogens (tertiary/aromatic N) is 5. The Morgan fingerprint density at radius 1 is 0.500 bits per heavy atom. The maximum Gasteiger partial charge on any atom is 0.0985 e. The first-order valence-corrected chi connectivity index (χ1v) is 10.5. The number of hydrogen-bond acceptors (Lipinski definition) is 3. The van der Waals surface area contributed by atoms with Crippen molar-refractivity contribution in [3.63, 3.8) is 0 Å². The average Bonchev–Trinajstić information content (AvgIpc) is 3.38. The summed E-state index contributed by atoms with van der Waals surface area (Å²) in [6.07, 6.45) is 7.48. The number of benzene rings is 2. The second kappa shape index (κ2) is 6.49. The summed E-state index contributed by atoms with van der Waals surface area (Å²) in [5.41, 5.74) is 8.43. The van der Waals surface area contributed by atoms with Gasteiger partial charge in [-0.25, -0.2) is 0 Å². The van der Waals surface area contributed by atoms with Crippen LogP contribution in [0.15, 0.2) is 104 Å². The molecule has 5 heteroatoms. The van der Waals surface area contributed by atoms with E-state index >= 15 is 0 Å². The van der Waals surface area contributed by atoms with Crippen LogP contribution in [0.5, 0.6) is 0 Å². The van der Waals surface area contributed by atoms with Crippen LogP contribution < -0.4 is 0 Å². The number of hydrogen-bond donors (Lipinski definition) is 0. The van der Waals surface area contributed by atoms with Gasteiger partial charge >= 0.3 is 0 Å². The smallest absolute Gasteiger partial charge is 0.0985 e. The Labute approximate surface area is 183 Å². The molecule has 0 aliphatic carbocycles. The Kier molecular flexibility index (Phi) is 3.49. The topological polar surface area (TPSA) is 48.5 Å². The summed E-state index contributed by atoms with van der Waals surface area (Å²) in [4.78, 5) is 13.9. The summed E-state index contributed by atoms with van der Waals surface area (Å²) in [5, 5.41) is 2.16. The van der Waals surface area contributed by atoms with Crippen LogP contribution in [0.3, 0.4) is 0 Å². The molecular formula is C27H17N5. The van der Waals surface area contributed by atoms with Crippen molar-refractivity contribution in [1.29, 1.82) is 0 Å². The fraction of sp³-hybridized carbons (Fsp3) is 0. The first kappa shape index (κ1) is 17.2. The highest BCUT2D eigenvalue weighted by atomic mass is 15.1. The van der Waals surface area contributed by atoms with Gasteiger partial charge in [0.25, 0.3) is 0 Å². The SMILES string of the molecule is c1ccc(-n2c3cccnc3c3cnc4c5ccccc5n(-c5ccncc5)c4c32)cc1. The van der Waals surface area contributed by atoms with Crippen LogP contribution in [0, 0.1) is 0 Å². The van der Waals surface area contributed by atoms with Gasteiger partial charge in [0, 0.05) is 46.9 Å². The Balaban J connectivity index is 1.81. The summed E-state index contributed by atoms with van der Waals surface area (Å²) < 4.78 is 4.60. The van der Waals surface area contributed by atoms with Crippen molar-refractivity contribution in [3.05, 3.63) is 104 Å². The van der Waals surface area contributed by atoms with Gasteiger partial charge < -0.3 is 9.13 Å². The quantitative estimate of drug-likeness (QED) is 0.347. The van der Waals surface area contributed by atoms with Crippen LogP contribution in [0.4, 0.5) is 0 Å². The number of aromatic nitrogens is 5. The van der Waals surface area contributed by atoms with E-state index in [0.29, 0.717) is 0 Å². The summed E-state index contributed by atoms with van der Waals surface area (Å²) in [7, 11) is 0. The van der Waals surface area contributed by atoms with E-state index in [4.69, 9.17) is 9.97 Å². The Morgan fingerprint density at radius 2 is 1.22 bits per heavy atom. The minimum atomic E-state index is 0.951. The first-order chi connectivity index (χ1) is 15.9. The standard InChI is InChI=1S/C27H17N5/c1-2-7-18(8-3-1)32-23-11-6-14-29-24(23)21-17-30-25-20-9-4-5-10-22(20)31(27(25)26(21)32)19-12-15-28-16-13-19/h1-17H. The lowest BCUT2D eigenvalue weighted by Gasteiger charge is -2.11. The molecule has 0 aliphatic heterocycles. The van der Waals surface area contributed by atoms with Gasteiger partial charge in [-0.2, -0.15) is 0 Å². The maximum atomic E-state index is 4.95. The molecule has 0 radical (unpaired) electrons. The van der Waals surface area contributed by atoms with E-state index in [0.717, 1.165) is 55.2 Å². The monoisotopic (exact) mass is 411 g/mol. The van der Waals surface area contributed by atoms with Gasteiger partial charge in [0.1, 0.15) is 0 Å². The Morgan fingerprint density at radius 3 is 2.09 bits per heavy atom. The highest BCUT2D eigenvalue weighted by Crippen LogP contribution is 2.39. The highest BCUT2D eigenvalue weighted by Gasteiger charge is 2.22. The van der Waals surface area contributed by atoms with Gasteiger partial charge in [-0.05, 0) is 42.5 Å². The molecule has 7 aromatic rings. The lowest BCUT2D eigenvalue weighted by molar-refractivity contribution is 1.13. The van der Waals surface area contributed by atoms with E-state index in [9.17, 15) is 0 Å². The van der Waals surface area contributed by atoms with Gasteiger partial charge in [-0.3, -0.25) is 15.0 Å². The minimum Gasteiger partial charge on any atom is -0.306 e. The molecule has 0 amide bonds. The van der Waals surface area contributed by atoms with Crippen LogP contribution in [0.1, 0.15) is 0 Å². The molecule has 0 saturated heterocycles. The molecule has 0 spiro atoms. The number of para-hydroxylation sites is 2. The van der Waals surface area contributed by atoms with Crippen molar-refractivity contribution in [2.24, 2.45) is 0 Å². The number of fused-ring (bicyclic) bond motifs is 7. The molecule has 0 saturated carbocycles. The molecular weight excluding hydrogens is 394 g/mol. The van der Waals surface area contributed by atoms with Crippen LogP contribution in [0.2, 0.25) is 0 Å². The van der Waals surface area contributed by atoms with E-state index in [1.165, 1.54) is 0 Å². The second-order valence-electron chi connectivity index (χ2n) is 7.82. The van der Waals surface area contributed by atoms with Gasteiger partial charge in [0.2, 0.25) is 0 Å². The van der Waals surface area contributed by atoms with Crippen molar-refractivity contribution in [3.8, 4) is 11.4 Å². The van der Waals surface area contributed by atoms with Crippen LogP contribution in [0.25, 0.3) is 55.2 Å². The van der Waals surface area contributed by atoms with E-state index in [1.54, 1.807) is 0 Å². The molecule has 5 nitrogen and oxygen atoms in total. The zero-order valence-corrected chi connectivity index (χ0v) is 17.1. The Bertz CT molecular complexity index is 1630. The lowest BCUT2D eigenvalue weighted by atomic mass is 10.2. The second-order valence-corrected chi connectivity index (χ2v) is 7.82. The van der Waals surface area contributed by atoms with Gasteiger partial charge in [0.15, 0.2) is 0 Å². The van der Waals surface area contributed by atoms with Gasteiger partial charge in [-0.1, -0.05) is 36.4 Å². The molecule has 0 bridgehead atoms. The molecule has 5 aromatic heterocycles. The summed E-state index contributed by atoms with van der Waals surface area (Å²) >= 11 is 0. The maximum absolute atomic E-state index is 4.95. The van der Waals surface area contributed by atoms with Crippen molar-refractivity contribution >= 4 is 43.9 Å². The summed E-state index contributed by atoms with van der Waals surface area (Å²) in [6, 6.07) is 27.1. The third-order valence-electron chi connectivity index (χ3n) is 6.09. The van der Waals surface area contributed by atoms with Crippen LogP contribution >= 0.6 is 0 Å². The molecule has 150 valence electrons. The molecule has 0 unspecified atom stereocenters. The van der Waals surface area contributed by atoms with Crippen molar-refractivity contribution in [1.82, 2.24) is 24.1 Å². The number of pyridine rings is 3. The van der Waals surface area contributed by atoms with Crippen molar-refractivity contribution < 1.29 is 0 Å². The lowest BCUT2D eigenvalue weighted by Crippen LogP contribution is -1.99. The zero-order valence-electron chi connectivity index (χ0n) is 17.1. The molecule has 0 aliphatic rings. The molecule has 32 heavy (non-hydrogen) atoms. The van der Waals surface area contributed by atoms with E-state index in [-0.39, 0.29) is 0 Å². The van der Waals surface area contributed by atoms with Gasteiger partial charge in [0.05, 0.1) is 33.1 Å². The zero-order chi connectivity index (χ0) is 21.1. The van der Waals surface area contributed by atoms with Crippen LogP contribution in [-0.4, -0.2) is 24.1 Å². The molecule has 7 rings (SSSR count). The first-order valence-electron chi connectivity index (χ1n) is 10.5. The number of rotatable bonds is 2. The van der Waals surface area contributed by atoms with Crippen molar-refractivity contribution in [2.75, 3.05) is 0 Å². The predicted octanol–water partition coefficient (Wildman–Crippen LogP) is 6.07. The Hall–Kier alpha value is -4.51. The molecule has 2 aromatic carbocycles. The summed E-state index contributed by atoms with van der Waals surface area (Å²) in [6.45, 7) is 0. The highest BCUT2D eigenvalue weighted by molar-refractivity contribution is 6.21. The largest absolute Gasteiger partial charge is 0.306 e. The normalized spacial score (nSPS) is 11.8. The molecule has 0 atom stereocenters. The van der Waals surface area contributed by atoms with E-state index in [2.05, 4.69) is 68.7 Å². The predicted molar refractivity (Wildman–Crippen MR) is 129 cm³/mol. The molecule has 5 heterocycles.